The Balaban J connectivity index is 2.09. The molecule has 1 aromatic rings. The zero-order valence-electron chi connectivity index (χ0n) is 12.4. The summed E-state index contributed by atoms with van der Waals surface area (Å²) in [4.78, 5) is 0.351. The second kappa shape index (κ2) is 6.24. The highest BCUT2D eigenvalue weighted by atomic mass is 32.2. The quantitative estimate of drug-likeness (QED) is 0.877. The lowest BCUT2D eigenvalue weighted by Gasteiger charge is -2.14. The maximum absolute atomic E-state index is 12.3. The fourth-order valence-electron chi connectivity index (χ4n) is 2.70. The van der Waals surface area contributed by atoms with Gasteiger partial charge in [-0.25, -0.2) is 13.1 Å². The summed E-state index contributed by atoms with van der Waals surface area (Å²) < 4.78 is 27.5. The van der Waals surface area contributed by atoms with Crippen molar-refractivity contribution in [1.29, 1.82) is 0 Å². The number of benzene rings is 1. The van der Waals surface area contributed by atoms with Gasteiger partial charge in [0, 0.05) is 12.1 Å². The molecule has 0 amide bonds. The molecular weight excluding hydrogens is 272 g/mol. The van der Waals surface area contributed by atoms with Gasteiger partial charge in [-0.15, -0.1) is 0 Å². The molecule has 2 rings (SSSR count). The third-order valence-electron chi connectivity index (χ3n) is 4.14. The van der Waals surface area contributed by atoms with Crippen LogP contribution in [0, 0.1) is 5.92 Å². The Bertz CT molecular complexity index is 539. The van der Waals surface area contributed by atoms with Gasteiger partial charge in [-0.2, -0.15) is 0 Å². The van der Waals surface area contributed by atoms with E-state index >= 15 is 0 Å². The van der Waals surface area contributed by atoms with E-state index in [0.29, 0.717) is 10.8 Å². The first kappa shape index (κ1) is 15.5. The molecule has 0 radical (unpaired) electrons. The van der Waals surface area contributed by atoms with E-state index in [9.17, 15) is 8.42 Å². The summed E-state index contributed by atoms with van der Waals surface area (Å²) in [7, 11) is -1.50. The minimum Gasteiger partial charge on any atom is -0.313 e. The molecule has 0 heterocycles. The molecule has 0 spiro atoms. The second-order valence-corrected chi connectivity index (χ2v) is 7.53. The Morgan fingerprint density at radius 3 is 2.35 bits per heavy atom. The second-order valence-electron chi connectivity index (χ2n) is 5.82. The molecule has 3 unspecified atom stereocenters. The highest BCUT2D eigenvalue weighted by Crippen LogP contribution is 2.26. The smallest absolute Gasteiger partial charge is 0.240 e. The van der Waals surface area contributed by atoms with Crippen LogP contribution in [0.25, 0.3) is 0 Å². The molecule has 1 fully saturated rings. The van der Waals surface area contributed by atoms with Crippen LogP contribution in [0.1, 0.15) is 44.7 Å². The van der Waals surface area contributed by atoms with Gasteiger partial charge in [-0.05, 0) is 56.8 Å². The fraction of sp³-hybridized carbons (Fsp3) is 0.600. The lowest BCUT2D eigenvalue weighted by Crippen LogP contribution is -2.32. The van der Waals surface area contributed by atoms with Gasteiger partial charge in [-0.1, -0.05) is 19.1 Å². The predicted octanol–water partition coefficient (Wildman–Crippen LogP) is 2.43. The third-order valence-corrected chi connectivity index (χ3v) is 5.68. The minimum atomic E-state index is -3.39. The number of hydrogen-bond acceptors (Lipinski definition) is 3. The van der Waals surface area contributed by atoms with Crippen LogP contribution in [0.15, 0.2) is 29.2 Å². The molecule has 5 heteroatoms. The first-order valence-corrected chi connectivity index (χ1v) is 8.70. The Hall–Kier alpha value is -0.910. The van der Waals surface area contributed by atoms with Crippen molar-refractivity contribution >= 4 is 10.0 Å². The summed E-state index contributed by atoms with van der Waals surface area (Å²) in [6.45, 7) is 4.21. The van der Waals surface area contributed by atoms with E-state index in [-0.39, 0.29) is 12.1 Å². The molecule has 2 N–H and O–H groups in total. The van der Waals surface area contributed by atoms with Crippen LogP contribution in [0.4, 0.5) is 0 Å². The van der Waals surface area contributed by atoms with Crippen LogP contribution < -0.4 is 10.0 Å². The molecule has 1 saturated carbocycles. The normalized spacial score (nSPS) is 24.8. The van der Waals surface area contributed by atoms with Crippen molar-refractivity contribution < 1.29 is 8.42 Å². The van der Waals surface area contributed by atoms with Gasteiger partial charge in [-0.3, -0.25) is 0 Å². The van der Waals surface area contributed by atoms with Crippen molar-refractivity contribution in [3.8, 4) is 0 Å². The summed E-state index contributed by atoms with van der Waals surface area (Å²) in [6.07, 6.45) is 2.98. The largest absolute Gasteiger partial charge is 0.313 e. The lowest BCUT2D eigenvalue weighted by molar-refractivity contribution is 0.538. The van der Waals surface area contributed by atoms with Crippen molar-refractivity contribution in [2.24, 2.45) is 5.92 Å². The standard InChI is InChI=1S/C15H24N2O2S/c1-11-4-7-14(10-11)17-20(18,19)15-8-5-13(6-9-15)12(2)16-3/h5-6,8-9,11-12,14,16-17H,4,7,10H2,1-3H3. The van der Waals surface area contributed by atoms with E-state index in [1.807, 2.05) is 26.1 Å². The van der Waals surface area contributed by atoms with Crippen molar-refractivity contribution in [3.05, 3.63) is 29.8 Å². The summed E-state index contributed by atoms with van der Waals surface area (Å²) in [5, 5.41) is 3.14. The fourth-order valence-corrected chi connectivity index (χ4v) is 3.99. The molecule has 0 bridgehead atoms. The van der Waals surface area contributed by atoms with E-state index in [1.54, 1.807) is 12.1 Å². The van der Waals surface area contributed by atoms with E-state index in [0.717, 1.165) is 24.8 Å². The van der Waals surface area contributed by atoms with Gasteiger partial charge < -0.3 is 5.32 Å². The number of hydrogen-bond donors (Lipinski definition) is 2. The predicted molar refractivity (Wildman–Crippen MR) is 81.0 cm³/mol. The summed E-state index contributed by atoms with van der Waals surface area (Å²) in [5.74, 6) is 0.613. The lowest BCUT2D eigenvalue weighted by atomic mass is 10.1. The van der Waals surface area contributed by atoms with Gasteiger partial charge in [0.15, 0.2) is 0 Å². The Kier molecular flexibility index (Phi) is 4.83. The van der Waals surface area contributed by atoms with E-state index in [4.69, 9.17) is 0 Å². The molecule has 20 heavy (non-hydrogen) atoms. The van der Waals surface area contributed by atoms with Crippen LogP contribution in [0.5, 0.6) is 0 Å². The van der Waals surface area contributed by atoms with Crippen molar-refractivity contribution in [2.75, 3.05) is 7.05 Å². The summed E-state index contributed by atoms with van der Waals surface area (Å²) in [5.41, 5.74) is 1.08. The first-order valence-electron chi connectivity index (χ1n) is 7.22. The summed E-state index contributed by atoms with van der Waals surface area (Å²) >= 11 is 0. The molecule has 3 atom stereocenters. The van der Waals surface area contributed by atoms with Gasteiger partial charge >= 0.3 is 0 Å². The first-order chi connectivity index (χ1) is 9.42. The Morgan fingerprint density at radius 1 is 1.20 bits per heavy atom. The SMILES string of the molecule is CNC(C)c1ccc(S(=O)(=O)NC2CCC(C)C2)cc1. The Morgan fingerprint density at radius 2 is 1.85 bits per heavy atom. The summed E-state index contributed by atoms with van der Waals surface area (Å²) in [6, 6.07) is 7.41. The van der Waals surface area contributed by atoms with Crippen LogP contribution >= 0.6 is 0 Å². The maximum Gasteiger partial charge on any atom is 0.240 e. The van der Waals surface area contributed by atoms with Crippen LogP contribution in [0.2, 0.25) is 0 Å². The third kappa shape index (κ3) is 3.59. The van der Waals surface area contributed by atoms with Crippen LogP contribution in [0.3, 0.4) is 0 Å². The number of nitrogens with one attached hydrogen (secondary N) is 2. The highest BCUT2D eigenvalue weighted by Gasteiger charge is 2.26. The molecule has 0 saturated heterocycles. The molecule has 1 aliphatic carbocycles. The van der Waals surface area contributed by atoms with Crippen molar-refractivity contribution in [3.63, 3.8) is 0 Å². The molecule has 0 aliphatic heterocycles. The van der Waals surface area contributed by atoms with Gasteiger partial charge in [0.05, 0.1) is 4.90 Å². The van der Waals surface area contributed by atoms with Crippen molar-refractivity contribution in [2.45, 2.75) is 50.1 Å². The van der Waals surface area contributed by atoms with E-state index in [1.165, 1.54) is 0 Å². The topological polar surface area (TPSA) is 58.2 Å². The molecule has 1 aromatic carbocycles. The van der Waals surface area contributed by atoms with Gasteiger partial charge in [0.1, 0.15) is 0 Å². The van der Waals surface area contributed by atoms with E-state index in [2.05, 4.69) is 17.0 Å². The maximum atomic E-state index is 12.3. The molecular formula is C15H24N2O2S. The number of rotatable bonds is 5. The van der Waals surface area contributed by atoms with Gasteiger partial charge in [0.25, 0.3) is 0 Å². The number of sulfonamides is 1. The van der Waals surface area contributed by atoms with Crippen molar-refractivity contribution in [1.82, 2.24) is 10.0 Å². The average molecular weight is 296 g/mol. The molecule has 4 nitrogen and oxygen atoms in total. The minimum absolute atomic E-state index is 0.0888. The highest BCUT2D eigenvalue weighted by molar-refractivity contribution is 7.89. The monoisotopic (exact) mass is 296 g/mol. The zero-order chi connectivity index (χ0) is 14.8. The molecule has 112 valence electrons. The van der Waals surface area contributed by atoms with Gasteiger partial charge in [0.2, 0.25) is 10.0 Å². The Labute approximate surface area is 122 Å². The van der Waals surface area contributed by atoms with Crippen LogP contribution in [-0.2, 0) is 10.0 Å². The average Bonchev–Trinajstić information content (AvgIpc) is 2.82. The van der Waals surface area contributed by atoms with Crippen LogP contribution in [-0.4, -0.2) is 21.5 Å². The molecule has 1 aliphatic rings. The van der Waals surface area contributed by atoms with E-state index < -0.39 is 10.0 Å². The molecule has 0 aromatic heterocycles. The zero-order valence-corrected chi connectivity index (χ0v) is 13.2.